The van der Waals surface area contributed by atoms with Crippen LogP contribution in [-0.2, 0) is 0 Å². The first-order chi connectivity index (χ1) is 6.27. The van der Waals surface area contributed by atoms with Crippen molar-refractivity contribution in [3.8, 4) is 5.75 Å². The van der Waals surface area contributed by atoms with Crippen molar-refractivity contribution in [2.45, 2.75) is 6.42 Å². The minimum Gasteiger partial charge on any atom is -0.508 e. The second-order valence-corrected chi connectivity index (χ2v) is 2.63. The second-order valence-electron chi connectivity index (χ2n) is 2.63. The first-order valence-corrected chi connectivity index (χ1v) is 4.02. The first-order valence-electron chi connectivity index (χ1n) is 4.02. The van der Waals surface area contributed by atoms with Crippen LogP contribution in [0.5, 0.6) is 5.75 Å². The molecule has 0 aliphatic carbocycles. The van der Waals surface area contributed by atoms with E-state index in [4.69, 9.17) is 10.5 Å². The van der Waals surface area contributed by atoms with E-state index in [1.807, 2.05) is 0 Å². The topological polar surface area (TPSA) is 56.4 Å². The molecule has 0 amide bonds. The molecular weight excluding hydrogens is 164 g/mol. The van der Waals surface area contributed by atoms with E-state index in [-0.39, 0.29) is 5.75 Å². The van der Waals surface area contributed by atoms with Gasteiger partial charge in [-0.2, -0.15) is 0 Å². The Labute approximate surface area is 77.3 Å². The highest BCUT2D eigenvalue weighted by molar-refractivity contribution is 6.06. The minimum absolute atomic E-state index is 0.244. The lowest BCUT2D eigenvalue weighted by Crippen LogP contribution is -2.00. The molecule has 2 N–H and O–H groups in total. The molecule has 0 atom stereocenters. The molecule has 13 heavy (non-hydrogen) atoms. The van der Waals surface area contributed by atoms with Crippen LogP contribution in [0.1, 0.15) is 12.0 Å². The minimum atomic E-state index is 0.244. The normalized spacial score (nSPS) is 11.3. The predicted molar refractivity (Wildman–Crippen MR) is 54.0 cm³/mol. The molecule has 0 unspecified atom stereocenters. The van der Waals surface area contributed by atoms with Gasteiger partial charge in [0, 0.05) is 25.4 Å². The largest absolute Gasteiger partial charge is 0.508 e. The van der Waals surface area contributed by atoms with E-state index >= 15 is 0 Å². The number of aliphatic imine (C=N–C) groups is 1. The first kappa shape index (κ1) is 9.45. The number of phenols is 1. The smallest absolute Gasteiger partial charge is 0.115 e. The van der Waals surface area contributed by atoms with Crippen LogP contribution in [0.2, 0.25) is 0 Å². The zero-order valence-electron chi connectivity index (χ0n) is 7.49. The Kier molecular flexibility index (Phi) is 3.20. The Morgan fingerprint density at radius 2 is 2.08 bits per heavy atom. The van der Waals surface area contributed by atoms with E-state index in [0.717, 1.165) is 11.3 Å². The summed E-state index contributed by atoms with van der Waals surface area (Å²) in [6.07, 6.45) is 1.84. The summed E-state index contributed by atoms with van der Waals surface area (Å²) < 4.78 is 0. The van der Waals surface area contributed by atoms with Crippen molar-refractivity contribution in [3.05, 3.63) is 29.8 Å². The average Bonchev–Trinajstić information content (AvgIpc) is 2.16. The maximum absolute atomic E-state index is 9.06. The van der Waals surface area contributed by atoms with Gasteiger partial charge in [0.05, 0.1) is 0 Å². The van der Waals surface area contributed by atoms with Gasteiger partial charge in [0.1, 0.15) is 5.75 Å². The highest BCUT2D eigenvalue weighted by Crippen LogP contribution is 2.11. The number of hydrogen-bond donors (Lipinski definition) is 2. The Balaban J connectivity index is 2.92. The third-order valence-corrected chi connectivity index (χ3v) is 1.77. The summed E-state index contributed by atoms with van der Waals surface area (Å²) in [5, 5.41) is 16.0. The number of nitrogens with zero attached hydrogens (tertiary/aromatic N) is 1. The fourth-order valence-electron chi connectivity index (χ4n) is 1.09. The molecule has 0 spiro atoms. The summed E-state index contributed by atoms with van der Waals surface area (Å²) in [6, 6.07) is 6.82. The molecule has 0 saturated heterocycles. The molecule has 3 heteroatoms. The van der Waals surface area contributed by atoms with Crippen molar-refractivity contribution in [2.24, 2.45) is 4.99 Å². The van der Waals surface area contributed by atoms with Crippen LogP contribution in [0.4, 0.5) is 0 Å². The Hall–Kier alpha value is -1.64. The van der Waals surface area contributed by atoms with Crippen LogP contribution in [0.15, 0.2) is 29.3 Å². The Bertz CT molecular complexity index is 314. The maximum atomic E-state index is 9.06. The van der Waals surface area contributed by atoms with E-state index in [1.165, 1.54) is 6.21 Å². The van der Waals surface area contributed by atoms with Gasteiger partial charge in [0.25, 0.3) is 0 Å². The number of hydrogen-bond acceptors (Lipinski definition) is 3. The molecule has 1 rings (SSSR count). The summed E-state index contributed by atoms with van der Waals surface area (Å²) in [5.74, 6) is 0.244. The zero-order chi connectivity index (χ0) is 9.68. The van der Waals surface area contributed by atoms with Crippen molar-refractivity contribution in [3.63, 3.8) is 0 Å². The molecule has 68 valence electrons. The fourth-order valence-corrected chi connectivity index (χ4v) is 1.09. The molecule has 1 aromatic rings. The summed E-state index contributed by atoms with van der Waals surface area (Å²) in [4.78, 5) is 4.06. The number of benzene rings is 1. The molecule has 0 radical (unpaired) electrons. The number of aromatic hydroxyl groups is 1. The lowest BCUT2D eigenvalue weighted by atomic mass is 10.1. The molecule has 1 aromatic carbocycles. The number of rotatable bonds is 3. The summed E-state index contributed by atoms with van der Waals surface area (Å²) >= 11 is 0. The van der Waals surface area contributed by atoms with Gasteiger partial charge in [-0.1, -0.05) is 0 Å². The quantitative estimate of drug-likeness (QED) is 0.678. The molecular formula is C10H12N2O. The molecule has 0 aliphatic heterocycles. The lowest BCUT2D eigenvalue weighted by Gasteiger charge is -2.01. The summed E-state index contributed by atoms with van der Waals surface area (Å²) in [6.45, 7) is 0. The van der Waals surface area contributed by atoms with Crippen molar-refractivity contribution >= 4 is 11.9 Å². The van der Waals surface area contributed by atoms with Gasteiger partial charge in [-0.3, -0.25) is 4.99 Å². The monoisotopic (exact) mass is 176 g/mol. The third-order valence-electron chi connectivity index (χ3n) is 1.77. The SMILES string of the molecule is CN=C(CC=N)c1ccc(O)cc1. The van der Waals surface area contributed by atoms with Gasteiger partial charge in [0.15, 0.2) is 0 Å². The van der Waals surface area contributed by atoms with Crippen molar-refractivity contribution in [1.29, 1.82) is 5.41 Å². The predicted octanol–water partition coefficient (Wildman–Crippen LogP) is 1.85. The molecule has 0 fully saturated rings. The molecule has 3 nitrogen and oxygen atoms in total. The highest BCUT2D eigenvalue weighted by Gasteiger charge is 1.99. The van der Waals surface area contributed by atoms with Gasteiger partial charge < -0.3 is 10.5 Å². The Morgan fingerprint density at radius 1 is 1.46 bits per heavy atom. The van der Waals surface area contributed by atoms with Crippen LogP contribution in [0, 0.1) is 5.41 Å². The van der Waals surface area contributed by atoms with Gasteiger partial charge >= 0.3 is 0 Å². The van der Waals surface area contributed by atoms with Crippen LogP contribution in [0.3, 0.4) is 0 Å². The van der Waals surface area contributed by atoms with Crippen LogP contribution in [-0.4, -0.2) is 24.1 Å². The van der Waals surface area contributed by atoms with E-state index < -0.39 is 0 Å². The van der Waals surface area contributed by atoms with E-state index in [0.29, 0.717) is 6.42 Å². The average molecular weight is 176 g/mol. The van der Waals surface area contributed by atoms with Crippen LogP contribution < -0.4 is 0 Å². The zero-order valence-corrected chi connectivity index (χ0v) is 7.49. The molecule has 0 aliphatic rings. The van der Waals surface area contributed by atoms with Gasteiger partial charge in [-0.05, 0) is 29.8 Å². The Morgan fingerprint density at radius 3 is 2.54 bits per heavy atom. The van der Waals surface area contributed by atoms with Gasteiger partial charge in [-0.15, -0.1) is 0 Å². The molecule has 0 saturated carbocycles. The van der Waals surface area contributed by atoms with Crippen LogP contribution in [0.25, 0.3) is 0 Å². The van der Waals surface area contributed by atoms with Crippen LogP contribution >= 0.6 is 0 Å². The number of phenolic OH excluding ortho intramolecular Hbond substituents is 1. The van der Waals surface area contributed by atoms with E-state index in [9.17, 15) is 0 Å². The van der Waals surface area contributed by atoms with Crippen molar-refractivity contribution in [1.82, 2.24) is 0 Å². The van der Waals surface area contributed by atoms with E-state index in [1.54, 1.807) is 31.3 Å². The molecule has 0 bridgehead atoms. The highest BCUT2D eigenvalue weighted by atomic mass is 16.3. The second kappa shape index (κ2) is 4.40. The molecule has 0 aromatic heterocycles. The molecule has 0 heterocycles. The van der Waals surface area contributed by atoms with Gasteiger partial charge in [0.2, 0.25) is 0 Å². The third kappa shape index (κ3) is 2.40. The fraction of sp³-hybridized carbons (Fsp3) is 0.200. The number of nitrogens with one attached hydrogen (secondary N) is 1. The summed E-state index contributed by atoms with van der Waals surface area (Å²) in [5.41, 5.74) is 1.80. The van der Waals surface area contributed by atoms with Crippen molar-refractivity contribution in [2.75, 3.05) is 7.05 Å². The summed E-state index contributed by atoms with van der Waals surface area (Å²) in [7, 11) is 1.70. The van der Waals surface area contributed by atoms with Crippen molar-refractivity contribution < 1.29 is 5.11 Å². The van der Waals surface area contributed by atoms with E-state index in [2.05, 4.69) is 4.99 Å². The maximum Gasteiger partial charge on any atom is 0.115 e. The van der Waals surface area contributed by atoms with Gasteiger partial charge in [-0.25, -0.2) is 0 Å². The standard InChI is InChI=1S/C10H12N2O/c1-12-10(6-7-11)8-2-4-9(13)5-3-8/h2-5,7,11,13H,6H2,1H3. The lowest BCUT2D eigenvalue weighted by molar-refractivity contribution is 0.475.